The number of rotatable bonds is 7. The number of allylic oxidation sites excluding steroid dienone is 1. The summed E-state index contributed by atoms with van der Waals surface area (Å²) in [7, 11) is -3.51. The molecule has 0 aromatic heterocycles. The molecule has 35 heavy (non-hydrogen) atoms. The van der Waals surface area contributed by atoms with Crippen LogP contribution in [0.1, 0.15) is 107 Å². The quantitative estimate of drug-likeness (QED) is 0.245. The summed E-state index contributed by atoms with van der Waals surface area (Å²) in [6.07, 6.45) is 14.7. The van der Waals surface area contributed by atoms with Gasteiger partial charge < -0.3 is 8.85 Å². The SMILES string of the molecule is C[C@H](C[C@@H]1C=C[C@@](C)(O[Si](C)(C)C(C)(C)C)C1)[C@H]1CCC2C(O[Si](C)(C)C(C)(C)C)CCC[C@@]21C. The van der Waals surface area contributed by atoms with Gasteiger partial charge in [0.15, 0.2) is 16.6 Å². The first-order valence-electron chi connectivity index (χ1n) is 14.8. The van der Waals surface area contributed by atoms with Crippen LogP contribution >= 0.6 is 0 Å². The van der Waals surface area contributed by atoms with Gasteiger partial charge in [0, 0.05) is 6.10 Å². The van der Waals surface area contributed by atoms with Crippen LogP contribution in [0.3, 0.4) is 0 Å². The molecule has 7 atom stereocenters. The number of hydrogen-bond acceptors (Lipinski definition) is 2. The lowest BCUT2D eigenvalue weighted by atomic mass is 9.61. The molecule has 0 aliphatic heterocycles. The van der Waals surface area contributed by atoms with E-state index in [2.05, 4.69) is 101 Å². The molecular weight excluding hydrogens is 461 g/mol. The molecule has 0 N–H and O–H groups in total. The minimum Gasteiger partial charge on any atom is -0.414 e. The first kappa shape index (κ1) is 29.6. The molecule has 0 bridgehead atoms. The molecule has 3 aliphatic carbocycles. The van der Waals surface area contributed by atoms with E-state index in [4.69, 9.17) is 8.85 Å². The molecule has 204 valence electrons. The van der Waals surface area contributed by atoms with Gasteiger partial charge in [-0.2, -0.15) is 0 Å². The molecule has 0 saturated heterocycles. The fraction of sp³-hybridized carbons (Fsp3) is 0.935. The van der Waals surface area contributed by atoms with Crippen molar-refractivity contribution in [1.82, 2.24) is 0 Å². The van der Waals surface area contributed by atoms with E-state index in [-0.39, 0.29) is 10.6 Å². The second-order valence-corrected chi connectivity index (χ2v) is 25.8. The highest BCUT2D eigenvalue weighted by Gasteiger charge is 2.55. The normalized spacial score (nSPS) is 37.5. The van der Waals surface area contributed by atoms with Crippen LogP contribution < -0.4 is 0 Å². The summed E-state index contributed by atoms with van der Waals surface area (Å²) in [5.74, 6) is 3.01. The highest BCUT2D eigenvalue weighted by Crippen LogP contribution is 2.60. The van der Waals surface area contributed by atoms with E-state index in [1.165, 1.54) is 38.5 Å². The third kappa shape index (κ3) is 6.06. The fourth-order valence-corrected chi connectivity index (χ4v) is 10.4. The molecule has 0 radical (unpaired) electrons. The third-order valence-corrected chi connectivity index (χ3v) is 20.5. The summed E-state index contributed by atoms with van der Waals surface area (Å²) in [4.78, 5) is 0. The van der Waals surface area contributed by atoms with E-state index < -0.39 is 16.6 Å². The maximum atomic E-state index is 7.10. The van der Waals surface area contributed by atoms with Crippen molar-refractivity contribution in [2.24, 2.45) is 29.1 Å². The average molecular weight is 521 g/mol. The maximum absolute atomic E-state index is 7.10. The zero-order chi connectivity index (χ0) is 26.7. The van der Waals surface area contributed by atoms with E-state index >= 15 is 0 Å². The Balaban J connectivity index is 1.64. The molecule has 2 unspecified atom stereocenters. The maximum Gasteiger partial charge on any atom is 0.193 e. The van der Waals surface area contributed by atoms with Crippen LogP contribution in [0.5, 0.6) is 0 Å². The molecule has 3 aliphatic rings. The number of fused-ring (bicyclic) bond motifs is 1. The van der Waals surface area contributed by atoms with Gasteiger partial charge in [-0.05, 0) is 111 Å². The summed E-state index contributed by atoms with van der Waals surface area (Å²) in [5.41, 5.74) is 0.371. The van der Waals surface area contributed by atoms with Crippen LogP contribution in [-0.2, 0) is 8.85 Å². The molecule has 0 aromatic carbocycles. The molecule has 0 heterocycles. The van der Waals surface area contributed by atoms with Gasteiger partial charge in [0.1, 0.15) is 0 Å². The summed E-state index contributed by atoms with van der Waals surface area (Å²) in [6, 6.07) is 0. The van der Waals surface area contributed by atoms with Crippen molar-refractivity contribution >= 4 is 16.6 Å². The lowest BCUT2D eigenvalue weighted by Gasteiger charge is -2.50. The topological polar surface area (TPSA) is 18.5 Å². The lowest BCUT2D eigenvalue weighted by Crippen LogP contribution is -2.50. The standard InChI is InChI=1S/C31H60O2Si2/c1-23(21-24-18-20-30(8,22-24)33-35(12,13)29(5,6)7)25-16-17-26-27(15-14-19-31(25,26)9)32-34(10,11)28(2,3)4/h18,20,23-27H,14-17,19,21-22H2,1-13H3/t23-,24+,25-,26?,27?,30-,31-/m1/s1. The Bertz CT molecular complexity index is 774. The molecule has 4 heteroatoms. The predicted molar refractivity (Wildman–Crippen MR) is 158 cm³/mol. The van der Waals surface area contributed by atoms with Gasteiger partial charge in [-0.3, -0.25) is 0 Å². The molecule has 0 amide bonds. The van der Waals surface area contributed by atoms with Gasteiger partial charge >= 0.3 is 0 Å². The van der Waals surface area contributed by atoms with Crippen LogP contribution in [0, 0.1) is 29.1 Å². The van der Waals surface area contributed by atoms with Crippen LogP contribution in [0.4, 0.5) is 0 Å². The van der Waals surface area contributed by atoms with Crippen LogP contribution in [0.25, 0.3) is 0 Å². The van der Waals surface area contributed by atoms with Crippen LogP contribution in [0.2, 0.25) is 36.3 Å². The summed E-state index contributed by atoms with van der Waals surface area (Å²) in [6.45, 7) is 31.4. The summed E-state index contributed by atoms with van der Waals surface area (Å²) in [5, 5.41) is 0.548. The molecule has 0 aromatic rings. The molecular formula is C31H60O2Si2. The Morgan fingerprint density at radius 3 is 2.09 bits per heavy atom. The second kappa shape index (κ2) is 9.68. The van der Waals surface area contributed by atoms with E-state index in [0.29, 0.717) is 22.5 Å². The summed E-state index contributed by atoms with van der Waals surface area (Å²) < 4.78 is 14.0. The van der Waals surface area contributed by atoms with Gasteiger partial charge in [0.25, 0.3) is 0 Å². The van der Waals surface area contributed by atoms with Crippen molar-refractivity contribution in [3.8, 4) is 0 Å². The number of hydrogen-bond donors (Lipinski definition) is 0. The first-order valence-corrected chi connectivity index (χ1v) is 20.6. The molecule has 0 spiro atoms. The van der Waals surface area contributed by atoms with Crippen LogP contribution in [0.15, 0.2) is 12.2 Å². The molecule has 2 nitrogen and oxygen atoms in total. The predicted octanol–water partition coefficient (Wildman–Crippen LogP) is 9.98. The van der Waals surface area contributed by atoms with Gasteiger partial charge in [0.2, 0.25) is 0 Å². The van der Waals surface area contributed by atoms with Crippen molar-refractivity contribution in [3.63, 3.8) is 0 Å². The Kier molecular flexibility index (Phi) is 8.20. The third-order valence-electron chi connectivity index (χ3n) is 11.4. The fourth-order valence-electron chi connectivity index (χ4n) is 7.40. The van der Waals surface area contributed by atoms with E-state index in [9.17, 15) is 0 Å². The second-order valence-electron chi connectivity index (χ2n) is 16.3. The van der Waals surface area contributed by atoms with E-state index in [0.717, 1.165) is 24.2 Å². The monoisotopic (exact) mass is 520 g/mol. The smallest absolute Gasteiger partial charge is 0.193 e. The lowest BCUT2D eigenvalue weighted by molar-refractivity contribution is -0.0224. The highest BCUT2D eigenvalue weighted by molar-refractivity contribution is 6.74. The van der Waals surface area contributed by atoms with Gasteiger partial charge in [-0.25, -0.2) is 0 Å². The van der Waals surface area contributed by atoms with Crippen molar-refractivity contribution in [3.05, 3.63) is 12.2 Å². The summed E-state index contributed by atoms with van der Waals surface area (Å²) >= 11 is 0. The van der Waals surface area contributed by atoms with Crippen molar-refractivity contribution in [1.29, 1.82) is 0 Å². The van der Waals surface area contributed by atoms with Gasteiger partial charge in [-0.1, -0.05) is 74.0 Å². The average Bonchev–Trinajstić information content (AvgIpc) is 3.19. The van der Waals surface area contributed by atoms with E-state index in [1.807, 2.05) is 0 Å². The van der Waals surface area contributed by atoms with Crippen molar-refractivity contribution < 1.29 is 8.85 Å². The Morgan fingerprint density at radius 1 is 0.914 bits per heavy atom. The first-order chi connectivity index (χ1) is 15.7. The van der Waals surface area contributed by atoms with Gasteiger partial charge in [-0.15, -0.1) is 0 Å². The zero-order valence-electron chi connectivity index (χ0n) is 25.8. The minimum atomic E-state index is -1.78. The van der Waals surface area contributed by atoms with E-state index in [1.54, 1.807) is 0 Å². The Morgan fingerprint density at radius 2 is 1.51 bits per heavy atom. The largest absolute Gasteiger partial charge is 0.414 e. The van der Waals surface area contributed by atoms with Crippen molar-refractivity contribution in [2.75, 3.05) is 0 Å². The highest BCUT2D eigenvalue weighted by atomic mass is 28.4. The van der Waals surface area contributed by atoms with Crippen molar-refractivity contribution in [2.45, 2.75) is 155 Å². The van der Waals surface area contributed by atoms with Gasteiger partial charge in [0.05, 0.1) is 5.60 Å². The molecule has 3 rings (SSSR count). The molecule has 2 fully saturated rings. The zero-order valence-corrected chi connectivity index (χ0v) is 27.8. The molecule has 2 saturated carbocycles. The Labute approximate surface area is 221 Å². The Hall–Kier alpha value is 0.0938. The van der Waals surface area contributed by atoms with Crippen LogP contribution in [-0.4, -0.2) is 28.3 Å². The minimum absolute atomic E-state index is 0.0809.